The van der Waals surface area contributed by atoms with Crippen molar-refractivity contribution in [2.45, 2.75) is 31.0 Å². The molecule has 0 amide bonds. The van der Waals surface area contributed by atoms with Crippen LogP contribution in [0.2, 0.25) is 0 Å². The highest BCUT2D eigenvalue weighted by molar-refractivity contribution is 7.99. The number of hydrogen-bond donors (Lipinski definition) is 0. The predicted octanol–water partition coefficient (Wildman–Crippen LogP) is 2.44. The zero-order chi connectivity index (χ0) is 13.9. The molecule has 0 aromatic heterocycles. The fourth-order valence-corrected chi connectivity index (χ4v) is 3.93. The molecule has 2 saturated heterocycles. The first-order chi connectivity index (χ1) is 8.90. The molecule has 2 unspecified atom stereocenters. The van der Waals surface area contributed by atoms with Crippen LogP contribution in [0.5, 0.6) is 0 Å². The Balaban J connectivity index is 1.79. The van der Waals surface area contributed by atoms with E-state index in [1.165, 1.54) is 0 Å². The summed E-state index contributed by atoms with van der Waals surface area (Å²) in [5, 5.41) is 0. The zero-order valence-corrected chi connectivity index (χ0v) is 11.3. The molecule has 0 aliphatic carbocycles. The lowest BCUT2D eigenvalue weighted by Gasteiger charge is -2.37. The van der Waals surface area contributed by atoms with Gasteiger partial charge in [0, 0.05) is 18.3 Å². The third-order valence-corrected chi connectivity index (χ3v) is 4.75. The van der Waals surface area contributed by atoms with E-state index in [1.807, 2.05) is 0 Å². The lowest BCUT2D eigenvalue weighted by atomic mass is 9.83. The Morgan fingerprint density at radius 1 is 1.47 bits per heavy atom. The Hall–Kier alpha value is -0.270. The van der Waals surface area contributed by atoms with Gasteiger partial charge < -0.3 is 9.47 Å². The van der Waals surface area contributed by atoms with Gasteiger partial charge in [-0.15, -0.1) is 0 Å². The van der Waals surface area contributed by atoms with Crippen molar-refractivity contribution in [2.24, 2.45) is 5.92 Å². The Morgan fingerprint density at radius 2 is 2.26 bits per heavy atom. The summed E-state index contributed by atoms with van der Waals surface area (Å²) in [7, 11) is 0. The number of thioether (sulfide) groups is 1. The maximum Gasteiger partial charge on any atom is 0.411 e. The van der Waals surface area contributed by atoms with E-state index in [2.05, 4.69) is 4.74 Å². The van der Waals surface area contributed by atoms with Gasteiger partial charge in [-0.25, -0.2) is 0 Å². The van der Waals surface area contributed by atoms with Crippen molar-refractivity contribution in [3.8, 4) is 0 Å². The number of ether oxygens (including phenoxy) is 2. The van der Waals surface area contributed by atoms with E-state index in [0.717, 1.165) is 17.9 Å². The van der Waals surface area contributed by atoms with Crippen molar-refractivity contribution in [3.05, 3.63) is 0 Å². The van der Waals surface area contributed by atoms with Gasteiger partial charge in [-0.05, 0) is 25.0 Å². The molecule has 0 saturated carbocycles. The molecule has 19 heavy (non-hydrogen) atoms. The quantitative estimate of drug-likeness (QED) is 0.798. The summed E-state index contributed by atoms with van der Waals surface area (Å²) in [5.74, 6) is 1.44. The van der Waals surface area contributed by atoms with E-state index in [0.29, 0.717) is 19.4 Å². The molecule has 0 aromatic rings. The number of ketones is 1. The minimum Gasteiger partial charge on any atom is -0.374 e. The highest BCUT2D eigenvalue weighted by Gasteiger charge is 2.42. The number of hydrogen-bond acceptors (Lipinski definition) is 4. The van der Waals surface area contributed by atoms with Crippen LogP contribution in [0.15, 0.2) is 0 Å². The van der Waals surface area contributed by atoms with Gasteiger partial charge in [0.15, 0.2) is 5.78 Å². The van der Waals surface area contributed by atoms with E-state index in [4.69, 9.17) is 4.74 Å². The van der Waals surface area contributed by atoms with Gasteiger partial charge >= 0.3 is 6.18 Å². The maximum absolute atomic E-state index is 11.9. The number of rotatable bonds is 4. The van der Waals surface area contributed by atoms with Gasteiger partial charge in [0.05, 0.1) is 5.60 Å². The largest absolute Gasteiger partial charge is 0.411 e. The van der Waals surface area contributed by atoms with Crippen molar-refractivity contribution in [1.29, 1.82) is 0 Å². The molecule has 2 aliphatic rings. The molecule has 2 heterocycles. The third kappa shape index (κ3) is 4.36. The van der Waals surface area contributed by atoms with Crippen molar-refractivity contribution in [2.75, 3.05) is 31.3 Å². The molecule has 2 rings (SSSR count). The lowest BCUT2D eigenvalue weighted by Crippen LogP contribution is -2.42. The topological polar surface area (TPSA) is 35.5 Å². The first kappa shape index (κ1) is 15.1. The highest BCUT2D eigenvalue weighted by Crippen LogP contribution is 2.40. The number of Topliss-reactive ketones (excluding diaryl/α,β-unsaturated/α-hetero) is 1. The Kier molecular flexibility index (Phi) is 4.79. The second-order valence-corrected chi connectivity index (χ2v) is 6.20. The normalized spacial score (nSPS) is 31.8. The standard InChI is InChI=1S/C12H17F3O3S/c13-12(14,15)7-17-6-10(16)9-1-3-18-11(5-9)2-4-19-8-11/h9H,1-8H2. The average Bonchev–Trinajstić information content (AvgIpc) is 2.75. The van der Waals surface area contributed by atoms with Crippen LogP contribution in [-0.2, 0) is 14.3 Å². The van der Waals surface area contributed by atoms with E-state index >= 15 is 0 Å². The Labute approximate surface area is 114 Å². The number of carbonyl (C=O) groups is 1. The van der Waals surface area contributed by atoms with Crippen LogP contribution >= 0.6 is 11.8 Å². The summed E-state index contributed by atoms with van der Waals surface area (Å²) in [4.78, 5) is 11.9. The summed E-state index contributed by atoms with van der Waals surface area (Å²) in [6.07, 6.45) is -2.25. The molecule has 0 bridgehead atoms. The Morgan fingerprint density at radius 3 is 2.89 bits per heavy atom. The average molecular weight is 298 g/mol. The first-order valence-corrected chi connectivity index (χ1v) is 7.45. The fraction of sp³-hybridized carbons (Fsp3) is 0.917. The van der Waals surface area contributed by atoms with Crippen LogP contribution in [0.1, 0.15) is 19.3 Å². The summed E-state index contributed by atoms with van der Waals surface area (Å²) < 4.78 is 46.0. The third-order valence-electron chi connectivity index (χ3n) is 3.53. The van der Waals surface area contributed by atoms with E-state index < -0.39 is 19.4 Å². The summed E-state index contributed by atoms with van der Waals surface area (Å²) in [6, 6.07) is 0. The summed E-state index contributed by atoms with van der Waals surface area (Å²) in [6.45, 7) is -1.30. The number of alkyl halides is 3. The van der Waals surface area contributed by atoms with Gasteiger partial charge in [-0.3, -0.25) is 4.79 Å². The van der Waals surface area contributed by atoms with Crippen molar-refractivity contribution < 1.29 is 27.4 Å². The SMILES string of the molecule is O=C(COCC(F)(F)F)C1CCOC2(CCSC2)C1. The molecular weight excluding hydrogens is 281 g/mol. The summed E-state index contributed by atoms with van der Waals surface area (Å²) >= 11 is 1.80. The molecule has 0 radical (unpaired) electrons. The van der Waals surface area contributed by atoms with Gasteiger partial charge in [0.1, 0.15) is 13.2 Å². The number of carbonyl (C=O) groups excluding carboxylic acids is 1. The van der Waals surface area contributed by atoms with Gasteiger partial charge in [0.2, 0.25) is 0 Å². The summed E-state index contributed by atoms with van der Waals surface area (Å²) in [5.41, 5.74) is -0.229. The highest BCUT2D eigenvalue weighted by atomic mass is 32.2. The van der Waals surface area contributed by atoms with Crippen LogP contribution in [0.3, 0.4) is 0 Å². The molecule has 0 aromatic carbocycles. The van der Waals surface area contributed by atoms with Gasteiger partial charge in [0.25, 0.3) is 0 Å². The monoisotopic (exact) mass is 298 g/mol. The number of halogens is 3. The maximum atomic E-state index is 11.9. The van der Waals surface area contributed by atoms with Gasteiger partial charge in [-0.1, -0.05) is 0 Å². The van der Waals surface area contributed by atoms with Crippen molar-refractivity contribution in [3.63, 3.8) is 0 Å². The van der Waals surface area contributed by atoms with Crippen molar-refractivity contribution >= 4 is 17.5 Å². The fourth-order valence-electron chi connectivity index (χ4n) is 2.55. The second kappa shape index (κ2) is 6.01. The van der Waals surface area contributed by atoms with E-state index in [9.17, 15) is 18.0 Å². The first-order valence-electron chi connectivity index (χ1n) is 6.29. The molecule has 2 atom stereocenters. The second-order valence-electron chi connectivity index (χ2n) is 5.10. The molecular formula is C12H17F3O3S. The zero-order valence-electron chi connectivity index (χ0n) is 10.5. The molecule has 2 fully saturated rings. The molecule has 0 N–H and O–H groups in total. The van der Waals surface area contributed by atoms with Crippen LogP contribution < -0.4 is 0 Å². The van der Waals surface area contributed by atoms with Crippen LogP contribution in [0.4, 0.5) is 13.2 Å². The van der Waals surface area contributed by atoms with E-state index in [1.54, 1.807) is 11.8 Å². The van der Waals surface area contributed by atoms with E-state index in [-0.39, 0.29) is 17.3 Å². The lowest BCUT2D eigenvalue weighted by molar-refractivity contribution is -0.177. The smallest absolute Gasteiger partial charge is 0.374 e. The molecule has 3 nitrogen and oxygen atoms in total. The minimum absolute atomic E-state index is 0.222. The minimum atomic E-state index is -4.38. The predicted molar refractivity (Wildman–Crippen MR) is 65.2 cm³/mol. The van der Waals surface area contributed by atoms with Crippen LogP contribution in [0, 0.1) is 5.92 Å². The molecule has 7 heteroatoms. The van der Waals surface area contributed by atoms with Crippen LogP contribution in [0.25, 0.3) is 0 Å². The van der Waals surface area contributed by atoms with Gasteiger partial charge in [-0.2, -0.15) is 24.9 Å². The molecule has 110 valence electrons. The van der Waals surface area contributed by atoms with Crippen molar-refractivity contribution in [1.82, 2.24) is 0 Å². The van der Waals surface area contributed by atoms with Crippen LogP contribution in [-0.4, -0.2) is 48.9 Å². The molecule has 1 spiro atoms. The Bertz CT molecular complexity index is 327. The molecule has 2 aliphatic heterocycles.